The number of nitrogen functional groups attached to an aromatic ring is 1. The van der Waals surface area contributed by atoms with Crippen LogP contribution in [0.5, 0.6) is 0 Å². The number of nitrogens with two attached hydrogens (primary N) is 1. The van der Waals surface area contributed by atoms with Gasteiger partial charge in [0.2, 0.25) is 0 Å². The van der Waals surface area contributed by atoms with E-state index in [1.807, 2.05) is 6.20 Å². The number of sulfonamides is 1. The van der Waals surface area contributed by atoms with E-state index in [1.165, 1.54) is 36.7 Å². The second-order valence-electron chi connectivity index (χ2n) is 8.20. The molecule has 0 unspecified atom stereocenters. The molecule has 7 nitrogen and oxygen atoms in total. The quantitative estimate of drug-likeness (QED) is 0.334. The first-order chi connectivity index (χ1) is 16.3. The SMILES string of the molecule is Nc1ncnc2c1c(-c1ccc(NS(=O)(=O)c3cccc(Cl)c3Cl)c(F)c1)cn2C1CCCC1. The minimum absolute atomic E-state index is 0.0822. The number of rotatable bonds is 5. The van der Waals surface area contributed by atoms with E-state index in [4.69, 9.17) is 28.9 Å². The van der Waals surface area contributed by atoms with Crippen LogP contribution in [0.25, 0.3) is 22.2 Å². The average molecular weight is 520 g/mol. The molecule has 1 aliphatic carbocycles. The predicted octanol–water partition coefficient (Wildman–Crippen LogP) is 6.04. The molecule has 0 radical (unpaired) electrons. The number of halogens is 3. The van der Waals surface area contributed by atoms with Crippen molar-refractivity contribution < 1.29 is 12.8 Å². The third-order valence-electron chi connectivity index (χ3n) is 6.09. The maximum absolute atomic E-state index is 15.1. The van der Waals surface area contributed by atoms with E-state index in [1.54, 1.807) is 6.07 Å². The summed E-state index contributed by atoms with van der Waals surface area (Å²) >= 11 is 12.0. The van der Waals surface area contributed by atoms with Crippen molar-refractivity contribution in [2.24, 2.45) is 0 Å². The highest BCUT2D eigenvalue weighted by Crippen LogP contribution is 2.39. The van der Waals surface area contributed by atoms with Gasteiger partial charge in [0.1, 0.15) is 28.5 Å². The summed E-state index contributed by atoms with van der Waals surface area (Å²) in [5.41, 5.74) is 7.88. The molecule has 1 aliphatic rings. The first kappa shape index (κ1) is 22.9. The van der Waals surface area contributed by atoms with Gasteiger partial charge in [-0.3, -0.25) is 4.72 Å². The van der Waals surface area contributed by atoms with E-state index in [0.717, 1.165) is 25.7 Å². The van der Waals surface area contributed by atoms with Crippen LogP contribution >= 0.6 is 23.2 Å². The van der Waals surface area contributed by atoms with Gasteiger partial charge in [-0.25, -0.2) is 22.8 Å². The summed E-state index contributed by atoms with van der Waals surface area (Å²) in [7, 11) is -4.17. The summed E-state index contributed by atoms with van der Waals surface area (Å²) in [6, 6.07) is 8.76. The summed E-state index contributed by atoms with van der Waals surface area (Å²) in [5, 5.41) is 0.593. The smallest absolute Gasteiger partial charge is 0.263 e. The van der Waals surface area contributed by atoms with Gasteiger partial charge in [-0.05, 0) is 42.7 Å². The van der Waals surface area contributed by atoms with Crippen LogP contribution in [0.2, 0.25) is 10.0 Å². The molecule has 0 bridgehead atoms. The van der Waals surface area contributed by atoms with Crippen molar-refractivity contribution in [2.75, 3.05) is 10.5 Å². The summed E-state index contributed by atoms with van der Waals surface area (Å²) in [6.45, 7) is 0. The molecular formula is C23H20Cl2FN5O2S. The van der Waals surface area contributed by atoms with Gasteiger partial charge < -0.3 is 10.3 Å². The molecule has 1 saturated carbocycles. The third-order valence-corrected chi connectivity index (χ3v) is 8.43. The Morgan fingerprint density at radius 1 is 1.12 bits per heavy atom. The zero-order valence-corrected chi connectivity index (χ0v) is 20.1. The lowest BCUT2D eigenvalue weighted by molar-refractivity contribution is 0.532. The van der Waals surface area contributed by atoms with Crippen LogP contribution in [0, 0.1) is 5.82 Å². The van der Waals surface area contributed by atoms with E-state index < -0.39 is 15.8 Å². The van der Waals surface area contributed by atoms with Gasteiger partial charge in [0.25, 0.3) is 10.0 Å². The van der Waals surface area contributed by atoms with Crippen LogP contribution < -0.4 is 10.5 Å². The Morgan fingerprint density at radius 3 is 2.62 bits per heavy atom. The monoisotopic (exact) mass is 519 g/mol. The Morgan fingerprint density at radius 2 is 1.88 bits per heavy atom. The molecule has 2 aromatic heterocycles. The summed E-state index contributed by atoms with van der Waals surface area (Å²) in [5.74, 6) is -0.450. The van der Waals surface area contributed by atoms with Crippen LogP contribution in [-0.2, 0) is 10.0 Å². The minimum atomic E-state index is -4.17. The second-order valence-corrected chi connectivity index (χ2v) is 10.6. The molecule has 2 aromatic carbocycles. The van der Waals surface area contributed by atoms with Crippen LogP contribution in [0.4, 0.5) is 15.9 Å². The number of anilines is 2. The molecule has 3 N–H and O–H groups in total. The molecule has 0 spiro atoms. The Labute approximate surface area is 205 Å². The molecule has 0 amide bonds. The van der Waals surface area contributed by atoms with E-state index >= 15 is 4.39 Å². The topological polar surface area (TPSA) is 103 Å². The van der Waals surface area contributed by atoms with Crippen molar-refractivity contribution in [3.05, 3.63) is 64.8 Å². The van der Waals surface area contributed by atoms with E-state index in [-0.39, 0.29) is 20.6 Å². The zero-order chi connectivity index (χ0) is 24.0. The molecule has 1 fully saturated rings. The molecule has 0 aliphatic heterocycles. The van der Waals surface area contributed by atoms with Crippen LogP contribution in [0.15, 0.2) is 53.8 Å². The van der Waals surface area contributed by atoms with Gasteiger partial charge in [-0.1, -0.05) is 48.2 Å². The number of nitrogens with zero attached hydrogens (tertiary/aromatic N) is 3. The first-order valence-electron chi connectivity index (χ1n) is 10.6. The number of nitrogens with one attached hydrogen (secondary N) is 1. The van der Waals surface area contributed by atoms with Gasteiger partial charge >= 0.3 is 0 Å². The molecule has 11 heteroatoms. The van der Waals surface area contributed by atoms with Crippen molar-refractivity contribution >= 4 is 55.8 Å². The largest absolute Gasteiger partial charge is 0.383 e. The fourth-order valence-corrected chi connectivity index (χ4v) is 6.27. The van der Waals surface area contributed by atoms with E-state index in [9.17, 15) is 8.42 Å². The van der Waals surface area contributed by atoms with Crippen molar-refractivity contribution in [3.63, 3.8) is 0 Å². The highest BCUT2D eigenvalue weighted by Gasteiger charge is 2.24. The van der Waals surface area contributed by atoms with E-state index in [2.05, 4.69) is 19.3 Å². The molecule has 4 aromatic rings. The molecule has 0 atom stereocenters. The summed E-state index contributed by atoms with van der Waals surface area (Å²) < 4.78 is 45.0. The maximum atomic E-state index is 15.1. The Bertz CT molecular complexity index is 1520. The Balaban J connectivity index is 1.54. The minimum Gasteiger partial charge on any atom is -0.383 e. The molecular weight excluding hydrogens is 500 g/mol. The lowest BCUT2D eigenvalue weighted by atomic mass is 10.1. The summed E-state index contributed by atoms with van der Waals surface area (Å²) in [6.07, 6.45) is 7.70. The summed E-state index contributed by atoms with van der Waals surface area (Å²) in [4.78, 5) is 8.31. The number of fused-ring (bicyclic) bond motifs is 1. The standard InChI is InChI=1S/C23H20Cl2FN5O2S/c24-16-6-3-7-19(21(16)25)34(32,33)30-18-9-8-13(10-17(18)26)15-11-31(14-4-1-2-5-14)23-20(15)22(27)28-12-29-23/h3,6-12,14,30H,1-2,4-5H2,(H2,27,28,29). The van der Waals surface area contributed by atoms with E-state index in [0.29, 0.717) is 34.0 Å². The number of hydrogen-bond acceptors (Lipinski definition) is 5. The second kappa shape index (κ2) is 8.72. The predicted molar refractivity (Wildman–Crippen MR) is 132 cm³/mol. The lowest BCUT2D eigenvalue weighted by Gasteiger charge is -2.12. The van der Waals surface area contributed by atoms with Crippen LogP contribution in [0.3, 0.4) is 0 Å². The van der Waals surface area contributed by atoms with Crippen LogP contribution in [0.1, 0.15) is 31.7 Å². The van der Waals surface area contributed by atoms with Gasteiger partial charge in [0.05, 0.1) is 21.1 Å². The number of benzene rings is 2. The fraction of sp³-hybridized carbons (Fsp3) is 0.217. The Hall–Kier alpha value is -2.88. The lowest BCUT2D eigenvalue weighted by Crippen LogP contribution is -2.14. The van der Waals surface area contributed by atoms with Crippen molar-refractivity contribution in [1.29, 1.82) is 0 Å². The van der Waals surface area contributed by atoms with Crippen LogP contribution in [-0.4, -0.2) is 23.0 Å². The van der Waals surface area contributed by atoms with Crippen molar-refractivity contribution in [1.82, 2.24) is 14.5 Å². The van der Waals surface area contributed by atoms with Gasteiger partial charge in [-0.15, -0.1) is 0 Å². The highest BCUT2D eigenvalue weighted by molar-refractivity contribution is 7.92. The molecule has 2 heterocycles. The highest BCUT2D eigenvalue weighted by atomic mass is 35.5. The number of hydrogen-bond donors (Lipinski definition) is 2. The molecule has 0 saturated heterocycles. The molecule has 34 heavy (non-hydrogen) atoms. The Kier molecular flexibility index (Phi) is 5.87. The normalized spacial score (nSPS) is 14.7. The fourth-order valence-electron chi connectivity index (χ4n) is 4.44. The van der Waals surface area contributed by atoms with Gasteiger partial charge in [0, 0.05) is 17.8 Å². The molecule has 176 valence electrons. The zero-order valence-electron chi connectivity index (χ0n) is 17.8. The average Bonchev–Trinajstić information content (AvgIpc) is 3.45. The maximum Gasteiger partial charge on any atom is 0.263 e. The van der Waals surface area contributed by atoms with Gasteiger partial charge in [-0.2, -0.15) is 0 Å². The number of aromatic nitrogens is 3. The van der Waals surface area contributed by atoms with Crippen molar-refractivity contribution in [3.8, 4) is 11.1 Å². The third kappa shape index (κ3) is 3.97. The molecule has 5 rings (SSSR count). The van der Waals surface area contributed by atoms with Crippen molar-refractivity contribution in [2.45, 2.75) is 36.6 Å². The first-order valence-corrected chi connectivity index (χ1v) is 12.9. The van der Waals surface area contributed by atoms with Gasteiger partial charge in [0.15, 0.2) is 0 Å².